The molecule has 102 valence electrons. The number of allylic oxidation sites excluding steroid dienone is 2. The molecule has 4 atom stereocenters. The molecule has 1 aromatic rings. The molecule has 5 heteroatoms. The van der Waals surface area contributed by atoms with E-state index in [4.69, 9.17) is 0 Å². The van der Waals surface area contributed by atoms with Gasteiger partial charge in [-0.15, -0.1) is 11.3 Å². The van der Waals surface area contributed by atoms with Gasteiger partial charge >= 0.3 is 0 Å². The van der Waals surface area contributed by atoms with Crippen molar-refractivity contribution in [3.8, 4) is 0 Å². The van der Waals surface area contributed by atoms with E-state index < -0.39 is 0 Å². The fraction of sp³-hybridized carbons (Fsp3) is 0.400. The third-order valence-corrected chi connectivity index (χ3v) is 5.39. The molecule has 2 amide bonds. The molecular formula is C15H14N2O2S. The van der Waals surface area contributed by atoms with Crippen molar-refractivity contribution in [1.82, 2.24) is 5.01 Å². The van der Waals surface area contributed by atoms with E-state index in [9.17, 15) is 9.59 Å². The monoisotopic (exact) mass is 286 g/mol. The molecule has 0 N–H and O–H groups in total. The molecule has 3 aliphatic carbocycles. The third-order valence-electron chi connectivity index (χ3n) is 4.58. The molecule has 1 saturated carbocycles. The number of carbonyl (C=O) groups is 2. The summed E-state index contributed by atoms with van der Waals surface area (Å²) in [5.74, 6) is -0.135. The van der Waals surface area contributed by atoms with Crippen molar-refractivity contribution in [3.05, 3.63) is 34.5 Å². The highest BCUT2D eigenvalue weighted by Gasteiger charge is 2.56. The summed E-state index contributed by atoms with van der Waals surface area (Å²) in [7, 11) is 0. The Kier molecular flexibility index (Phi) is 2.63. The Hall–Kier alpha value is -1.75. The SMILES string of the molecule is O=C1[C@H]2[C@H](C(=O)N1/N=C\c1cccs1)[C@H]1C=C[C@H]2CC1. The molecule has 0 radical (unpaired) electrons. The fourth-order valence-corrected chi connectivity index (χ4v) is 4.23. The van der Waals surface area contributed by atoms with Crippen LogP contribution >= 0.6 is 11.3 Å². The van der Waals surface area contributed by atoms with Gasteiger partial charge in [-0.3, -0.25) is 9.59 Å². The molecule has 5 rings (SSSR count). The average molecular weight is 286 g/mol. The minimum atomic E-state index is -0.174. The molecule has 2 heterocycles. The van der Waals surface area contributed by atoms with Gasteiger partial charge in [0, 0.05) is 4.88 Å². The van der Waals surface area contributed by atoms with Crippen molar-refractivity contribution < 1.29 is 9.59 Å². The lowest BCUT2D eigenvalue weighted by Crippen LogP contribution is -2.38. The second-order valence-electron chi connectivity index (χ2n) is 5.59. The van der Waals surface area contributed by atoms with Gasteiger partial charge in [0.1, 0.15) is 0 Å². The molecule has 2 fully saturated rings. The van der Waals surface area contributed by atoms with Gasteiger partial charge in [-0.2, -0.15) is 10.1 Å². The second kappa shape index (κ2) is 4.38. The molecule has 20 heavy (non-hydrogen) atoms. The van der Waals surface area contributed by atoms with Crippen LogP contribution in [0.1, 0.15) is 17.7 Å². The van der Waals surface area contributed by atoms with E-state index in [-0.39, 0.29) is 35.5 Å². The van der Waals surface area contributed by atoms with Gasteiger partial charge in [0.15, 0.2) is 0 Å². The van der Waals surface area contributed by atoms with Crippen LogP contribution in [-0.4, -0.2) is 23.0 Å². The fourth-order valence-electron chi connectivity index (χ4n) is 3.65. The first-order valence-corrected chi connectivity index (χ1v) is 7.77. The third kappa shape index (κ3) is 1.62. The summed E-state index contributed by atoms with van der Waals surface area (Å²) in [4.78, 5) is 25.9. The Labute approximate surface area is 120 Å². The van der Waals surface area contributed by atoms with Crippen molar-refractivity contribution >= 4 is 29.4 Å². The summed E-state index contributed by atoms with van der Waals surface area (Å²) < 4.78 is 0. The maximum absolute atomic E-state index is 12.5. The van der Waals surface area contributed by atoms with E-state index in [2.05, 4.69) is 17.3 Å². The number of amides is 2. The molecule has 2 bridgehead atoms. The number of hydrogen-bond acceptors (Lipinski definition) is 4. The van der Waals surface area contributed by atoms with Crippen LogP contribution < -0.4 is 0 Å². The Balaban J connectivity index is 1.64. The van der Waals surface area contributed by atoms with Gasteiger partial charge in [0.05, 0.1) is 18.1 Å². The zero-order chi connectivity index (χ0) is 13.7. The number of hydrogen-bond donors (Lipinski definition) is 0. The van der Waals surface area contributed by atoms with Crippen LogP contribution in [0.2, 0.25) is 0 Å². The molecule has 4 nitrogen and oxygen atoms in total. The molecule has 4 aliphatic rings. The van der Waals surface area contributed by atoms with Gasteiger partial charge < -0.3 is 0 Å². The summed E-state index contributed by atoms with van der Waals surface area (Å²) in [5.41, 5.74) is 0. The van der Waals surface area contributed by atoms with Gasteiger partial charge in [-0.1, -0.05) is 18.2 Å². The second-order valence-corrected chi connectivity index (χ2v) is 6.57. The quantitative estimate of drug-likeness (QED) is 0.476. The van der Waals surface area contributed by atoms with Crippen LogP contribution in [0, 0.1) is 23.7 Å². The summed E-state index contributed by atoms with van der Waals surface area (Å²) >= 11 is 1.54. The van der Waals surface area contributed by atoms with Crippen LogP contribution in [0.25, 0.3) is 0 Å². The lowest BCUT2D eigenvalue weighted by Gasteiger charge is -2.37. The van der Waals surface area contributed by atoms with Gasteiger partial charge in [0.25, 0.3) is 11.8 Å². The molecule has 0 aromatic carbocycles. The summed E-state index contributed by atoms with van der Waals surface area (Å²) in [6, 6.07) is 3.83. The number of rotatable bonds is 2. The number of imide groups is 1. The first-order valence-electron chi connectivity index (χ1n) is 6.89. The number of hydrazone groups is 1. The zero-order valence-corrected chi connectivity index (χ0v) is 11.6. The van der Waals surface area contributed by atoms with E-state index in [0.717, 1.165) is 22.7 Å². The first-order chi connectivity index (χ1) is 9.75. The minimum absolute atomic E-state index is 0.119. The van der Waals surface area contributed by atoms with Gasteiger partial charge in [-0.05, 0) is 36.1 Å². The van der Waals surface area contributed by atoms with Gasteiger partial charge in [-0.25, -0.2) is 0 Å². The Morgan fingerprint density at radius 2 is 1.80 bits per heavy atom. The average Bonchev–Trinajstić information content (AvgIpc) is 3.08. The van der Waals surface area contributed by atoms with Crippen LogP contribution in [-0.2, 0) is 9.59 Å². The largest absolute Gasteiger partial charge is 0.272 e. The van der Waals surface area contributed by atoms with Crippen molar-refractivity contribution in [2.24, 2.45) is 28.8 Å². The van der Waals surface area contributed by atoms with Crippen molar-refractivity contribution in [2.45, 2.75) is 12.8 Å². The van der Waals surface area contributed by atoms with E-state index in [1.807, 2.05) is 17.5 Å². The van der Waals surface area contributed by atoms with E-state index in [0.29, 0.717) is 0 Å². The number of carbonyl (C=O) groups excluding carboxylic acids is 2. The molecule has 1 aliphatic heterocycles. The highest BCUT2D eigenvalue weighted by atomic mass is 32.1. The van der Waals surface area contributed by atoms with E-state index in [1.165, 1.54) is 11.3 Å². The van der Waals surface area contributed by atoms with E-state index >= 15 is 0 Å². The van der Waals surface area contributed by atoms with Crippen molar-refractivity contribution in [3.63, 3.8) is 0 Å². The molecule has 1 aromatic heterocycles. The Morgan fingerprint density at radius 3 is 2.30 bits per heavy atom. The van der Waals surface area contributed by atoms with Crippen LogP contribution in [0.5, 0.6) is 0 Å². The van der Waals surface area contributed by atoms with Crippen molar-refractivity contribution in [1.29, 1.82) is 0 Å². The number of fused-ring (bicyclic) bond motifs is 1. The van der Waals surface area contributed by atoms with Crippen molar-refractivity contribution in [2.75, 3.05) is 0 Å². The minimum Gasteiger partial charge on any atom is -0.272 e. The maximum atomic E-state index is 12.5. The summed E-state index contributed by atoms with van der Waals surface area (Å²) in [6.45, 7) is 0. The predicted octanol–water partition coefficient (Wildman–Crippen LogP) is 2.28. The number of nitrogens with zero attached hydrogens (tertiary/aromatic N) is 2. The normalized spacial score (nSPS) is 35.3. The highest BCUT2D eigenvalue weighted by molar-refractivity contribution is 7.11. The van der Waals surface area contributed by atoms with Crippen LogP contribution in [0.4, 0.5) is 0 Å². The molecule has 1 saturated heterocycles. The highest BCUT2D eigenvalue weighted by Crippen LogP contribution is 2.49. The predicted molar refractivity (Wildman–Crippen MR) is 76.1 cm³/mol. The van der Waals surface area contributed by atoms with E-state index in [1.54, 1.807) is 6.21 Å². The Bertz CT molecular complexity index is 588. The zero-order valence-electron chi connectivity index (χ0n) is 10.8. The smallest absolute Gasteiger partial charge is 0.254 e. The lowest BCUT2D eigenvalue weighted by molar-refractivity contribution is -0.140. The molecule has 0 spiro atoms. The molecule has 0 unspecified atom stereocenters. The summed E-state index contributed by atoms with van der Waals surface area (Å²) in [6.07, 6.45) is 7.88. The topological polar surface area (TPSA) is 49.7 Å². The van der Waals surface area contributed by atoms with Crippen LogP contribution in [0.3, 0.4) is 0 Å². The first kappa shape index (κ1) is 12.0. The number of thiophene rings is 1. The summed E-state index contributed by atoms with van der Waals surface area (Å²) in [5, 5.41) is 7.19. The van der Waals surface area contributed by atoms with Gasteiger partial charge in [0.2, 0.25) is 0 Å². The maximum Gasteiger partial charge on any atom is 0.254 e. The lowest BCUT2D eigenvalue weighted by atomic mass is 9.63. The molecular weight excluding hydrogens is 272 g/mol. The van der Waals surface area contributed by atoms with Crippen LogP contribution in [0.15, 0.2) is 34.8 Å². The Morgan fingerprint density at radius 1 is 1.15 bits per heavy atom. The standard InChI is InChI=1S/C15H14N2O2S/c18-14-12-9-3-4-10(6-5-9)13(12)15(19)17(14)16-8-11-2-1-7-20-11/h1-4,7-10,12-13H,5-6H2/b16-8-/t9-,10-,12+,13+/m0/s1.